The third-order valence-corrected chi connectivity index (χ3v) is 3.73. The minimum absolute atomic E-state index is 0.352. The first-order chi connectivity index (χ1) is 8.12. The number of nitrogens with one attached hydrogen (secondary N) is 1. The fraction of sp³-hybridized carbons (Fsp3) is 1.00. The molecule has 0 amide bonds. The fourth-order valence-electron chi connectivity index (χ4n) is 2.83. The van der Waals surface area contributed by atoms with Crippen molar-refractivity contribution in [2.45, 2.75) is 57.5 Å². The molecule has 0 unspecified atom stereocenters. The van der Waals surface area contributed by atoms with Crippen molar-refractivity contribution in [3.8, 4) is 0 Å². The summed E-state index contributed by atoms with van der Waals surface area (Å²) >= 11 is 0. The molecule has 1 saturated carbocycles. The van der Waals surface area contributed by atoms with Gasteiger partial charge in [-0.2, -0.15) is 0 Å². The predicted octanol–water partition coefficient (Wildman–Crippen LogP) is 3.22. The van der Waals surface area contributed by atoms with Crippen LogP contribution in [-0.2, 0) is 4.74 Å². The number of likely N-dealkylation sites (N-methyl/N-ethyl adjacent to an activating group) is 1. The normalized spacial score (nSPS) is 29.8. The van der Waals surface area contributed by atoms with Crippen LogP contribution < -0.4 is 5.32 Å². The monoisotopic (exact) mass is 249 g/mol. The maximum atomic E-state index is 12.3. The Morgan fingerprint density at radius 3 is 2.47 bits per heavy atom. The van der Waals surface area contributed by atoms with E-state index in [-0.39, 0.29) is 5.60 Å². The lowest BCUT2D eigenvalue weighted by atomic mass is 9.77. The van der Waals surface area contributed by atoms with Gasteiger partial charge in [0.1, 0.15) is 6.61 Å². The topological polar surface area (TPSA) is 21.3 Å². The van der Waals surface area contributed by atoms with Gasteiger partial charge in [-0.25, -0.2) is 8.78 Å². The Morgan fingerprint density at radius 1 is 1.35 bits per heavy atom. The average Bonchev–Trinajstić information content (AvgIpc) is 2.30. The lowest BCUT2D eigenvalue weighted by molar-refractivity contribution is -0.110. The van der Waals surface area contributed by atoms with Gasteiger partial charge in [-0.15, -0.1) is 0 Å². The third-order valence-electron chi connectivity index (χ3n) is 3.73. The van der Waals surface area contributed by atoms with Crippen LogP contribution in [0.3, 0.4) is 0 Å². The highest BCUT2D eigenvalue weighted by molar-refractivity contribution is 4.89. The summed E-state index contributed by atoms with van der Waals surface area (Å²) in [5.41, 5.74) is -0.352. The minimum atomic E-state index is -2.36. The van der Waals surface area contributed by atoms with Gasteiger partial charge in [0.15, 0.2) is 0 Å². The SMILES string of the molecule is CCCC1CCC(CNC)(OCC(F)F)CC1. The highest BCUT2D eigenvalue weighted by Gasteiger charge is 2.36. The van der Waals surface area contributed by atoms with E-state index in [0.29, 0.717) is 6.54 Å². The Balaban J connectivity index is 2.44. The molecule has 0 spiro atoms. The zero-order valence-electron chi connectivity index (χ0n) is 11.0. The van der Waals surface area contributed by atoms with Crippen molar-refractivity contribution < 1.29 is 13.5 Å². The van der Waals surface area contributed by atoms with E-state index in [1.807, 2.05) is 7.05 Å². The molecule has 4 heteroatoms. The molecule has 1 aliphatic rings. The van der Waals surface area contributed by atoms with E-state index in [9.17, 15) is 8.78 Å². The van der Waals surface area contributed by atoms with E-state index >= 15 is 0 Å². The second-order valence-corrected chi connectivity index (χ2v) is 5.15. The van der Waals surface area contributed by atoms with Gasteiger partial charge in [-0.05, 0) is 38.6 Å². The number of ether oxygens (including phenoxy) is 1. The summed E-state index contributed by atoms with van der Waals surface area (Å²) in [7, 11) is 1.85. The predicted molar refractivity (Wildman–Crippen MR) is 65.5 cm³/mol. The molecule has 1 rings (SSSR count). The van der Waals surface area contributed by atoms with E-state index in [4.69, 9.17) is 4.74 Å². The van der Waals surface area contributed by atoms with Gasteiger partial charge in [0.25, 0.3) is 6.43 Å². The molecule has 1 fully saturated rings. The largest absolute Gasteiger partial charge is 0.368 e. The van der Waals surface area contributed by atoms with Crippen molar-refractivity contribution in [1.82, 2.24) is 5.32 Å². The molecule has 0 heterocycles. The zero-order chi connectivity index (χ0) is 12.7. The van der Waals surface area contributed by atoms with Crippen molar-refractivity contribution in [2.24, 2.45) is 5.92 Å². The Morgan fingerprint density at radius 2 is 2.00 bits per heavy atom. The van der Waals surface area contributed by atoms with E-state index < -0.39 is 13.0 Å². The highest BCUT2D eigenvalue weighted by Crippen LogP contribution is 2.36. The standard InChI is InChI=1S/C13H25F2NO/c1-3-4-11-5-7-13(8-6-11,10-16-2)17-9-12(14)15/h11-12,16H,3-10H2,1-2H3. The van der Waals surface area contributed by atoms with Gasteiger partial charge in [-0.3, -0.25) is 0 Å². The van der Waals surface area contributed by atoms with Gasteiger partial charge < -0.3 is 10.1 Å². The second kappa shape index (κ2) is 7.27. The lowest BCUT2D eigenvalue weighted by Crippen LogP contribution is -2.46. The first kappa shape index (κ1) is 14.8. The van der Waals surface area contributed by atoms with Gasteiger partial charge in [0, 0.05) is 6.54 Å². The van der Waals surface area contributed by atoms with Crippen LogP contribution in [-0.4, -0.2) is 32.2 Å². The second-order valence-electron chi connectivity index (χ2n) is 5.15. The van der Waals surface area contributed by atoms with Crippen LogP contribution in [0.2, 0.25) is 0 Å². The first-order valence-electron chi connectivity index (χ1n) is 6.68. The molecule has 0 bridgehead atoms. The summed E-state index contributed by atoms with van der Waals surface area (Å²) < 4.78 is 30.0. The van der Waals surface area contributed by atoms with Crippen LogP contribution in [0, 0.1) is 5.92 Å². The molecule has 0 radical (unpaired) electrons. The van der Waals surface area contributed by atoms with Crippen LogP contribution in [0.4, 0.5) is 8.78 Å². The Bertz CT molecular complexity index is 204. The molecule has 0 aromatic rings. The molecule has 0 atom stereocenters. The van der Waals surface area contributed by atoms with Crippen molar-refractivity contribution in [1.29, 1.82) is 0 Å². The molecule has 0 aliphatic heterocycles. The van der Waals surface area contributed by atoms with Crippen molar-refractivity contribution >= 4 is 0 Å². The quantitative estimate of drug-likeness (QED) is 0.748. The van der Waals surface area contributed by atoms with Gasteiger partial charge in [-0.1, -0.05) is 19.8 Å². The summed E-state index contributed by atoms with van der Waals surface area (Å²) in [6, 6.07) is 0. The van der Waals surface area contributed by atoms with Crippen molar-refractivity contribution in [3.63, 3.8) is 0 Å². The average molecular weight is 249 g/mol. The molecular formula is C13H25F2NO. The number of rotatable bonds is 7. The molecule has 1 N–H and O–H groups in total. The lowest BCUT2D eigenvalue weighted by Gasteiger charge is -2.40. The number of hydrogen-bond donors (Lipinski definition) is 1. The van der Waals surface area contributed by atoms with Gasteiger partial charge >= 0.3 is 0 Å². The summed E-state index contributed by atoms with van der Waals surface area (Å²) in [5.74, 6) is 0.764. The zero-order valence-corrected chi connectivity index (χ0v) is 11.0. The van der Waals surface area contributed by atoms with Crippen molar-refractivity contribution in [2.75, 3.05) is 20.2 Å². The smallest absolute Gasteiger partial charge is 0.261 e. The van der Waals surface area contributed by atoms with Gasteiger partial charge in [0.05, 0.1) is 5.60 Å². The summed E-state index contributed by atoms with van der Waals surface area (Å²) in [6.07, 6.45) is 4.14. The maximum Gasteiger partial charge on any atom is 0.261 e. The van der Waals surface area contributed by atoms with Crippen LogP contribution in [0.5, 0.6) is 0 Å². The van der Waals surface area contributed by atoms with Crippen molar-refractivity contribution in [3.05, 3.63) is 0 Å². The Labute approximate surface area is 103 Å². The van der Waals surface area contributed by atoms with Crippen LogP contribution >= 0.6 is 0 Å². The molecule has 0 saturated heterocycles. The fourth-order valence-corrected chi connectivity index (χ4v) is 2.83. The molecule has 0 aromatic carbocycles. The van der Waals surface area contributed by atoms with E-state index in [0.717, 1.165) is 31.6 Å². The number of halogens is 2. The van der Waals surface area contributed by atoms with Crippen LogP contribution in [0.25, 0.3) is 0 Å². The number of hydrogen-bond acceptors (Lipinski definition) is 2. The summed E-state index contributed by atoms with van der Waals surface area (Å²) in [5, 5.41) is 3.08. The van der Waals surface area contributed by atoms with Crippen LogP contribution in [0.15, 0.2) is 0 Å². The molecule has 102 valence electrons. The van der Waals surface area contributed by atoms with Gasteiger partial charge in [0.2, 0.25) is 0 Å². The first-order valence-corrected chi connectivity index (χ1v) is 6.68. The van der Waals surface area contributed by atoms with E-state index in [1.54, 1.807) is 0 Å². The maximum absolute atomic E-state index is 12.3. The Hall–Kier alpha value is -0.220. The minimum Gasteiger partial charge on any atom is -0.368 e. The Kier molecular flexibility index (Phi) is 6.34. The molecule has 17 heavy (non-hydrogen) atoms. The summed E-state index contributed by atoms with van der Waals surface area (Å²) in [6.45, 7) is 2.45. The highest BCUT2D eigenvalue weighted by atomic mass is 19.3. The van der Waals surface area contributed by atoms with Crippen LogP contribution in [0.1, 0.15) is 45.4 Å². The molecule has 1 aliphatic carbocycles. The summed E-state index contributed by atoms with van der Waals surface area (Å²) in [4.78, 5) is 0. The van der Waals surface area contributed by atoms with E-state index in [2.05, 4.69) is 12.2 Å². The van der Waals surface area contributed by atoms with E-state index in [1.165, 1.54) is 12.8 Å². The number of alkyl halides is 2. The molecule has 0 aromatic heterocycles. The molecule has 2 nitrogen and oxygen atoms in total. The molecular weight excluding hydrogens is 224 g/mol. The third kappa shape index (κ3) is 4.88.